The highest BCUT2D eigenvalue weighted by Crippen LogP contribution is 2.15. The molecule has 16 heavy (non-hydrogen) atoms. The van der Waals surface area contributed by atoms with Crippen molar-refractivity contribution in [3.63, 3.8) is 0 Å². The van der Waals surface area contributed by atoms with Crippen LogP contribution in [0.25, 0.3) is 0 Å². The molecule has 0 fully saturated rings. The summed E-state index contributed by atoms with van der Waals surface area (Å²) in [5, 5.41) is -0.237. The maximum Gasteiger partial charge on any atom is 0.273 e. The van der Waals surface area contributed by atoms with Crippen molar-refractivity contribution >= 4 is 16.3 Å². The van der Waals surface area contributed by atoms with Crippen LogP contribution in [0.2, 0.25) is 0 Å². The number of carbonyl (C=O) groups excluding carboxylic acids is 1. The highest BCUT2D eigenvalue weighted by molar-refractivity contribution is 7.89. The molecule has 1 aromatic rings. The maximum atomic E-state index is 11.7. The van der Waals surface area contributed by atoms with Crippen molar-refractivity contribution in [1.29, 1.82) is 0 Å². The Morgan fingerprint density at radius 3 is 2.44 bits per heavy atom. The zero-order chi connectivity index (χ0) is 12.4. The molecule has 0 aliphatic heterocycles. The SMILES string of the molecule is CC(C)(C)CNS(=O)(=O)c1ccc(C=O)o1. The smallest absolute Gasteiger partial charge is 0.273 e. The molecule has 0 amide bonds. The van der Waals surface area contributed by atoms with Crippen molar-refractivity contribution in [3.05, 3.63) is 17.9 Å². The molecule has 1 aromatic heterocycles. The summed E-state index contributed by atoms with van der Waals surface area (Å²) in [4.78, 5) is 10.4. The third kappa shape index (κ3) is 3.46. The van der Waals surface area contributed by atoms with Crippen LogP contribution in [0, 0.1) is 5.41 Å². The van der Waals surface area contributed by atoms with Crippen molar-refractivity contribution < 1.29 is 17.6 Å². The monoisotopic (exact) mass is 245 g/mol. The van der Waals surface area contributed by atoms with Gasteiger partial charge < -0.3 is 4.42 Å². The van der Waals surface area contributed by atoms with Gasteiger partial charge in [-0.1, -0.05) is 20.8 Å². The van der Waals surface area contributed by atoms with Gasteiger partial charge >= 0.3 is 0 Å². The minimum absolute atomic E-state index is 0.00358. The van der Waals surface area contributed by atoms with E-state index in [1.165, 1.54) is 12.1 Å². The van der Waals surface area contributed by atoms with E-state index in [2.05, 4.69) is 4.72 Å². The first kappa shape index (κ1) is 12.9. The molecule has 1 rings (SSSR count). The molecule has 0 aromatic carbocycles. The van der Waals surface area contributed by atoms with Crippen LogP contribution in [0.4, 0.5) is 0 Å². The molecule has 0 saturated carbocycles. The van der Waals surface area contributed by atoms with Gasteiger partial charge in [0.15, 0.2) is 12.0 Å². The molecular weight excluding hydrogens is 230 g/mol. The van der Waals surface area contributed by atoms with E-state index in [1.54, 1.807) is 0 Å². The highest BCUT2D eigenvalue weighted by atomic mass is 32.2. The summed E-state index contributed by atoms with van der Waals surface area (Å²) in [5.41, 5.74) is -0.160. The maximum absolute atomic E-state index is 11.7. The second-order valence-corrected chi connectivity index (χ2v) is 6.36. The van der Waals surface area contributed by atoms with Crippen molar-refractivity contribution in [3.8, 4) is 0 Å². The van der Waals surface area contributed by atoms with Crippen molar-refractivity contribution in [1.82, 2.24) is 4.72 Å². The van der Waals surface area contributed by atoms with E-state index in [0.717, 1.165) is 0 Å². The third-order valence-electron chi connectivity index (χ3n) is 1.78. The van der Waals surface area contributed by atoms with E-state index >= 15 is 0 Å². The zero-order valence-corrected chi connectivity index (χ0v) is 10.3. The van der Waals surface area contributed by atoms with Crippen LogP contribution >= 0.6 is 0 Å². The Labute approximate surface area is 94.9 Å². The topological polar surface area (TPSA) is 76.4 Å². The van der Waals surface area contributed by atoms with Crippen LogP contribution in [0.1, 0.15) is 31.3 Å². The molecule has 0 aliphatic rings. The van der Waals surface area contributed by atoms with Crippen LogP contribution in [0.5, 0.6) is 0 Å². The normalized spacial score (nSPS) is 12.7. The summed E-state index contributed by atoms with van der Waals surface area (Å²) in [7, 11) is -3.66. The van der Waals surface area contributed by atoms with Gasteiger partial charge in [0.1, 0.15) is 0 Å². The lowest BCUT2D eigenvalue weighted by Gasteiger charge is -2.17. The number of furan rings is 1. The van der Waals surface area contributed by atoms with Gasteiger partial charge in [0.25, 0.3) is 10.0 Å². The fourth-order valence-electron chi connectivity index (χ4n) is 0.925. The molecule has 0 bridgehead atoms. The first-order valence-corrected chi connectivity index (χ1v) is 6.28. The lowest BCUT2D eigenvalue weighted by Crippen LogP contribution is -2.32. The summed E-state index contributed by atoms with van der Waals surface area (Å²) < 4.78 is 30.6. The molecule has 5 nitrogen and oxygen atoms in total. The zero-order valence-electron chi connectivity index (χ0n) is 9.48. The molecule has 0 spiro atoms. The number of nitrogens with one attached hydrogen (secondary N) is 1. The molecule has 0 aliphatic carbocycles. The minimum atomic E-state index is -3.66. The Morgan fingerprint density at radius 1 is 1.38 bits per heavy atom. The van der Waals surface area contributed by atoms with Gasteiger partial charge in [0.2, 0.25) is 5.09 Å². The minimum Gasteiger partial charge on any atom is -0.440 e. The van der Waals surface area contributed by atoms with E-state index in [0.29, 0.717) is 12.8 Å². The van der Waals surface area contributed by atoms with E-state index in [4.69, 9.17) is 4.42 Å². The predicted molar refractivity (Wildman–Crippen MR) is 58.7 cm³/mol. The van der Waals surface area contributed by atoms with Crippen LogP contribution in [-0.2, 0) is 10.0 Å². The first-order chi connectivity index (χ1) is 7.24. The van der Waals surface area contributed by atoms with Gasteiger partial charge in [0.05, 0.1) is 0 Å². The lowest BCUT2D eigenvalue weighted by molar-refractivity contribution is 0.109. The number of sulfonamides is 1. The molecule has 0 saturated heterocycles. The lowest BCUT2D eigenvalue weighted by atomic mass is 9.98. The molecule has 6 heteroatoms. The fraction of sp³-hybridized carbons (Fsp3) is 0.500. The predicted octanol–water partition coefficient (Wildman–Crippen LogP) is 1.42. The number of carbonyl (C=O) groups is 1. The van der Waals surface area contributed by atoms with Crippen molar-refractivity contribution in [2.75, 3.05) is 6.54 Å². The van der Waals surface area contributed by atoms with Crippen molar-refractivity contribution in [2.24, 2.45) is 5.41 Å². The molecular formula is C10H15NO4S. The Kier molecular flexibility index (Phi) is 3.54. The quantitative estimate of drug-likeness (QED) is 0.814. The summed E-state index contributed by atoms with van der Waals surface area (Å²) in [5.74, 6) is -0.00358. The second-order valence-electron chi connectivity index (χ2n) is 4.66. The average Bonchev–Trinajstić information content (AvgIpc) is 2.62. The van der Waals surface area contributed by atoms with Crippen molar-refractivity contribution in [2.45, 2.75) is 25.9 Å². The van der Waals surface area contributed by atoms with E-state index in [-0.39, 0.29) is 16.3 Å². The highest BCUT2D eigenvalue weighted by Gasteiger charge is 2.21. The molecule has 0 unspecified atom stereocenters. The Bertz CT molecular complexity index is 467. The molecule has 1 heterocycles. The van der Waals surface area contributed by atoms with Gasteiger partial charge in [-0.15, -0.1) is 0 Å². The summed E-state index contributed by atoms with van der Waals surface area (Å²) in [6, 6.07) is 2.58. The van der Waals surface area contributed by atoms with Crippen LogP contribution < -0.4 is 4.72 Å². The largest absolute Gasteiger partial charge is 0.440 e. The summed E-state index contributed by atoms with van der Waals surface area (Å²) in [6.07, 6.45) is 0.461. The molecule has 0 radical (unpaired) electrons. The van der Waals surface area contributed by atoms with Crippen LogP contribution in [0.3, 0.4) is 0 Å². The Morgan fingerprint density at radius 2 is 2.00 bits per heavy atom. The molecule has 0 atom stereocenters. The van der Waals surface area contributed by atoms with Gasteiger partial charge in [-0.05, 0) is 17.5 Å². The average molecular weight is 245 g/mol. The number of rotatable bonds is 4. The van der Waals surface area contributed by atoms with E-state index < -0.39 is 10.0 Å². The van der Waals surface area contributed by atoms with E-state index in [9.17, 15) is 13.2 Å². The molecule has 90 valence electrons. The number of aldehydes is 1. The Balaban J connectivity index is 2.82. The second kappa shape index (κ2) is 4.39. The van der Waals surface area contributed by atoms with Crippen LogP contribution in [-0.4, -0.2) is 21.2 Å². The van der Waals surface area contributed by atoms with Gasteiger partial charge in [-0.2, -0.15) is 0 Å². The van der Waals surface area contributed by atoms with Gasteiger partial charge in [0, 0.05) is 6.54 Å². The first-order valence-electron chi connectivity index (χ1n) is 4.79. The number of hydrogen-bond donors (Lipinski definition) is 1. The summed E-state index contributed by atoms with van der Waals surface area (Å²) in [6.45, 7) is 6.03. The van der Waals surface area contributed by atoms with Crippen LogP contribution in [0.15, 0.2) is 21.6 Å². The molecule has 1 N–H and O–H groups in total. The summed E-state index contributed by atoms with van der Waals surface area (Å²) >= 11 is 0. The standard InChI is InChI=1S/C10H15NO4S/c1-10(2,3)7-11-16(13,14)9-5-4-8(6-12)15-9/h4-6,11H,7H2,1-3H3. The van der Waals surface area contributed by atoms with Gasteiger partial charge in [-0.3, -0.25) is 4.79 Å². The van der Waals surface area contributed by atoms with E-state index in [1.807, 2.05) is 20.8 Å². The number of hydrogen-bond acceptors (Lipinski definition) is 4. The fourth-order valence-corrected chi connectivity index (χ4v) is 2.14. The Hall–Kier alpha value is -1.14. The third-order valence-corrected chi connectivity index (χ3v) is 3.05. The van der Waals surface area contributed by atoms with Gasteiger partial charge in [-0.25, -0.2) is 13.1 Å².